The molecule has 4 nitrogen and oxygen atoms in total. The van der Waals surface area contributed by atoms with Crippen LogP contribution in [0, 0.1) is 11.5 Å². The van der Waals surface area contributed by atoms with Gasteiger partial charge in [-0.25, -0.2) is 0 Å². The van der Waals surface area contributed by atoms with Crippen LogP contribution in [0.15, 0.2) is 36.4 Å². The first-order valence-corrected chi connectivity index (χ1v) is 15.7. The van der Waals surface area contributed by atoms with E-state index in [9.17, 15) is 18.0 Å². The fourth-order valence-electron chi connectivity index (χ4n) is 3.61. The third kappa shape index (κ3) is 9.88. The van der Waals surface area contributed by atoms with Crippen molar-refractivity contribution in [3.05, 3.63) is 63.7 Å². The summed E-state index contributed by atoms with van der Waals surface area (Å²) in [5.74, 6) is 2.65. The molecule has 196 valence electrons. The van der Waals surface area contributed by atoms with Crippen LogP contribution in [0.3, 0.4) is 0 Å². The van der Waals surface area contributed by atoms with Crippen LogP contribution >= 0.6 is 11.6 Å². The Hall–Kier alpha value is -2.47. The summed E-state index contributed by atoms with van der Waals surface area (Å²) >= 11 is 6.34. The highest BCUT2D eigenvalue weighted by Gasteiger charge is 2.32. The number of alkyl halides is 3. The quantitative estimate of drug-likeness (QED) is 0.328. The van der Waals surface area contributed by atoms with Crippen LogP contribution in [0.1, 0.15) is 54.7 Å². The summed E-state index contributed by atoms with van der Waals surface area (Å²) < 4.78 is 40.7. The molecule has 0 unspecified atom stereocenters. The van der Waals surface area contributed by atoms with Crippen molar-refractivity contribution in [2.45, 2.75) is 78.9 Å². The summed E-state index contributed by atoms with van der Waals surface area (Å²) in [6.45, 7) is 15.7. The Labute approximate surface area is 218 Å². The Morgan fingerprint density at radius 2 is 1.67 bits per heavy atom. The van der Waals surface area contributed by atoms with Crippen LogP contribution < -0.4 is 10.1 Å². The predicted octanol–water partition coefficient (Wildman–Crippen LogP) is 7.02. The summed E-state index contributed by atoms with van der Waals surface area (Å²) in [5, 5.41) is 3.67. The lowest BCUT2D eigenvalue weighted by Gasteiger charge is -2.16. The van der Waals surface area contributed by atoms with Crippen LogP contribution in [0.5, 0.6) is 5.75 Å². The number of halogens is 4. The van der Waals surface area contributed by atoms with Crippen LogP contribution in [0.2, 0.25) is 24.7 Å². The minimum atomic E-state index is -4.74. The van der Waals surface area contributed by atoms with Gasteiger partial charge in [-0.3, -0.25) is 4.79 Å². The minimum absolute atomic E-state index is 0.203. The van der Waals surface area contributed by atoms with Gasteiger partial charge in [0.1, 0.15) is 13.8 Å². The van der Waals surface area contributed by atoms with E-state index < -0.39 is 14.4 Å². The number of amides is 1. The highest BCUT2D eigenvalue weighted by atomic mass is 35.5. The van der Waals surface area contributed by atoms with Crippen LogP contribution in [0.25, 0.3) is 0 Å². The molecular weight excluding hydrogens is 505 g/mol. The first-order valence-electron chi connectivity index (χ1n) is 11.8. The van der Waals surface area contributed by atoms with Crippen LogP contribution in [0.4, 0.5) is 13.2 Å². The van der Waals surface area contributed by atoms with Gasteiger partial charge in [-0.2, -0.15) is 0 Å². The summed E-state index contributed by atoms with van der Waals surface area (Å²) in [4.78, 5) is 14.3. The van der Waals surface area contributed by atoms with Gasteiger partial charge in [0.25, 0.3) is 5.91 Å². The molecule has 0 atom stereocenters. The van der Waals surface area contributed by atoms with Crippen LogP contribution in [-0.2, 0) is 13.1 Å². The molecule has 2 aromatic carbocycles. The van der Waals surface area contributed by atoms with Gasteiger partial charge in [0.15, 0.2) is 0 Å². The number of ether oxygens (including phenoxy) is 1. The average molecular weight is 539 g/mol. The number of rotatable bonds is 5. The number of benzene rings is 2. The Bertz CT molecular complexity index is 1110. The van der Waals surface area contributed by atoms with Gasteiger partial charge in [-0.05, 0) is 35.4 Å². The second-order valence-electron chi connectivity index (χ2n) is 10.3. The molecule has 0 radical (unpaired) electrons. The highest BCUT2D eigenvalue weighted by Crippen LogP contribution is 2.32. The van der Waals surface area contributed by atoms with E-state index in [0.29, 0.717) is 34.8 Å². The molecule has 0 saturated carbocycles. The highest BCUT2D eigenvalue weighted by molar-refractivity contribution is 6.83. The molecule has 3 rings (SSSR count). The number of nitrogens with zero attached hydrogens (tertiary/aromatic N) is 1. The topological polar surface area (TPSA) is 41.6 Å². The number of hydrogen-bond donors (Lipinski definition) is 1. The van der Waals surface area contributed by atoms with Crippen molar-refractivity contribution in [3.63, 3.8) is 0 Å². The van der Waals surface area contributed by atoms with E-state index in [4.69, 9.17) is 11.6 Å². The Balaban J connectivity index is 0.000000572. The molecule has 2 aromatic rings. The number of carbonyl (C=O) groups is 1. The number of carbonyl (C=O) groups excluding carboxylic acids is 1. The molecule has 0 bridgehead atoms. The van der Waals surface area contributed by atoms with Crippen molar-refractivity contribution in [2.24, 2.45) is 0 Å². The zero-order chi connectivity index (χ0) is 27.3. The first-order chi connectivity index (χ1) is 16.5. The Morgan fingerprint density at radius 3 is 2.14 bits per heavy atom. The smallest absolute Gasteiger partial charge is 0.406 e. The summed E-state index contributed by atoms with van der Waals surface area (Å²) in [5.41, 5.74) is 6.01. The molecule has 0 spiro atoms. The predicted molar refractivity (Wildman–Crippen MR) is 142 cm³/mol. The molecule has 1 heterocycles. The number of nitrogens with one attached hydrogen (secondary N) is 1. The third-order valence-corrected chi connectivity index (χ3v) is 5.99. The van der Waals surface area contributed by atoms with E-state index in [1.165, 1.54) is 24.3 Å². The normalized spacial score (nSPS) is 13.2. The maximum atomic E-state index is 12.7. The van der Waals surface area contributed by atoms with Gasteiger partial charge in [0.2, 0.25) is 0 Å². The Kier molecular flexibility index (Phi) is 10.1. The SMILES string of the molecule is CC(C)NC(C)C.C[Si](C)(C)C#Cc1cc(Cl)c2c(c1)CN(Cc1ccc(OC(F)(F)F)cc1)C2=O. The zero-order valence-corrected chi connectivity index (χ0v) is 23.6. The molecule has 1 aliphatic heterocycles. The largest absolute Gasteiger partial charge is 0.573 e. The summed E-state index contributed by atoms with van der Waals surface area (Å²) in [6, 6.07) is 10.3. The zero-order valence-electron chi connectivity index (χ0n) is 21.8. The standard InChI is InChI=1S/C21H19ClF3NO2Si.C6H15N/c1-29(2,3)9-8-15-10-16-13-26(20(27)19(16)18(22)11-15)12-14-4-6-17(7-5-14)28-21(23,24)25;1-5(2)7-6(3)4/h4-7,10-11H,12-13H2,1-3H3;5-7H,1-4H3. The van der Waals surface area contributed by atoms with Crippen molar-refractivity contribution < 1.29 is 22.7 Å². The van der Waals surface area contributed by atoms with Gasteiger partial charge in [-0.1, -0.05) is 77.0 Å². The van der Waals surface area contributed by atoms with E-state index >= 15 is 0 Å². The fraction of sp³-hybridized carbons (Fsp3) is 0.444. The van der Waals surface area contributed by atoms with Crippen molar-refractivity contribution in [3.8, 4) is 17.2 Å². The second-order valence-corrected chi connectivity index (χ2v) is 15.5. The van der Waals surface area contributed by atoms with Gasteiger partial charge < -0.3 is 15.0 Å². The minimum Gasteiger partial charge on any atom is -0.406 e. The monoisotopic (exact) mass is 538 g/mol. The third-order valence-electron chi connectivity index (χ3n) is 4.81. The van der Waals surface area contributed by atoms with E-state index in [-0.39, 0.29) is 18.2 Å². The maximum Gasteiger partial charge on any atom is 0.573 e. The summed E-state index contributed by atoms with van der Waals surface area (Å²) in [7, 11) is -1.54. The molecule has 0 saturated heterocycles. The van der Waals surface area contributed by atoms with Crippen LogP contribution in [-0.4, -0.2) is 37.3 Å². The lowest BCUT2D eigenvalue weighted by atomic mass is 10.1. The molecule has 1 amide bonds. The molecule has 1 N–H and O–H groups in total. The van der Waals surface area contributed by atoms with E-state index in [1.807, 2.05) is 6.07 Å². The average Bonchev–Trinajstić information content (AvgIpc) is 3.01. The molecule has 0 aliphatic carbocycles. The molecule has 36 heavy (non-hydrogen) atoms. The second kappa shape index (κ2) is 12.2. The first kappa shape index (κ1) is 29.8. The van der Waals surface area contributed by atoms with Gasteiger partial charge in [-0.15, -0.1) is 18.7 Å². The number of hydrogen-bond acceptors (Lipinski definition) is 3. The summed E-state index contributed by atoms with van der Waals surface area (Å²) in [6.07, 6.45) is -4.74. The van der Waals surface area contributed by atoms with E-state index in [0.717, 1.165) is 11.1 Å². The van der Waals surface area contributed by atoms with Gasteiger partial charge in [0.05, 0.1) is 10.6 Å². The molecule has 9 heteroatoms. The van der Waals surface area contributed by atoms with Crippen molar-refractivity contribution in [1.29, 1.82) is 0 Å². The maximum absolute atomic E-state index is 12.7. The fourth-order valence-corrected chi connectivity index (χ4v) is 4.45. The van der Waals surface area contributed by atoms with Crippen molar-refractivity contribution >= 4 is 25.6 Å². The van der Waals surface area contributed by atoms with Crippen molar-refractivity contribution in [2.75, 3.05) is 0 Å². The van der Waals surface area contributed by atoms with Gasteiger partial charge in [0, 0.05) is 30.7 Å². The molecule has 0 fully saturated rings. The molecular formula is C27H34ClF3N2O2Si. The van der Waals surface area contributed by atoms with E-state index in [2.05, 4.69) is 68.9 Å². The molecule has 1 aliphatic rings. The number of fused-ring (bicyclic) bond motifs is 1. The van der Waals surface area contributed by atoms with Crippen molar-refractivity contribution in [1.82, 2.24) is 10.2 Å². The van der Waals surface area contributed by atoms with E-state index in [1.54, 1.807) is 11.0 Å². The van der Waals surface area contributed by atoms with Gasteiger partial charge >= 0.3 is 6.36 Å². The molecule has 0 aromatic heterocycles. The lowest BCUT2D eigenvalue weighted by molar-refractivity contribution is -0.274. The lowest BCUT2D eigenvalue weighted by Crippen LogP contribution is -2.29. The Morgan fingerprint density at radius 1 is 1.08 bits per heavy atom.